The molecule has 1 aliphatic carbocycles. The summed E-state index contributed by atoms with van der Waals surface area (Å²) in [7, 11) is -3.98. The van der Waals surface area contributed by atoms with Gasteiger partial charge in [0.15, 0.2) is 0 Å². The Hall–Kier alpha value is -1.97. The molecule has 1 amide bonds. The van der Waals surface area contributed by atoms with Crippen molar-refractivity contribution in [3.05, 3.63) is 58.6 Å². The van der Waals surface area contributed by atoms with Gasteiger partial charge in [-0.2, -0.15) is 0 Å². The highest BCUT2D eigenvalue weighted by Gasteiger charge is 2.40. The number of hydrogen-bond acceptors (Lipinski definition) is 5. The summed E-state index contributed by atoms with van der Waals surface area (Å²) in [6.07, 6.45) is 2.24. The van der Waals surface area contributed by atoms with Crippen molar-refractivity contribution in [3.63, 3.8) is 0 Å². The quantitative estimate of drug-likeness (QED) is 0.601. The maximum atomic E-state index is 12.4. The van der Waals surface area contributed by atoms with Gasteiger partial charge in [-0.15, -0.1) is 0 Å². The molecule has 2 aliphatic rings. The second-order valence-corrected chi connectivity index (χ2v) is 9.81. The molecule has 2 aromatic rings. The minimum Gasteiger partial charge on any atom is -0.373 e. The third-order valence-corrected chi connectivity index (χ3v) is 7.08. The first-order valence-corrected chi connectivity index (χ1v) is 11.8. The Morgan fingerprint density at radius 1 is 1.20 bits per heavy atom. The molecule has 3 atom stereocenters. The van der Waals surface area contributed by atoms with E-state index in [4.69, 9.17) is 21.5 Å². The predicted molar refractivity (Wildman–Crippen MR) is 115 cm³/mol. The lowest BCUT2D eigenvalue weighted by molar-refractivity contribution is -0.115. The highest BCUT2D eigenvalue weighted by molar-refractivity contribution is 7.89. The van der Waals surface area contributed by atoms with Gasteiger partial charge in [-0.25, -0.2) is 13.6 Å². The van der Waals surface area contributed by atoms with Crippen molar-refractivity contribution in [3.8, 4) is 0 Å². The van der Waals surface area contributed by atoms with E-state index in [0.717, 1.165) is 19.4 Å². The van der Waals surface area contributed by atoms with Gasteiger partial charge in [-0.1, -0.05) is 35.9 Å². The average molecular weight is 450 g/mol. The lowest BCUT2D eigenvalue weighted by Crippen LogP contribution is -2.34. The zero-order valence-electron chi connectivity index (χ0n) is 16.3. The minimum absolute atomic E-state index is 0.0423. The molecule has 1 aliphatic heterocycles. The summed E-state index contributed by atoms with van der Waals surface area (Å²) in [6.45, 7) is 1.10. The summed E-state index contributed by atoms with van der Waals surface area (Å²) in [5.74, 6) is 0.165. The molecule has 4 N–H and O–H groups in total. The summed E-state index contributed by atoms with van der Waals surface area (Å²) in [5.41, 5.74) is 1.52. The van der Waals surface area contributed by atoms with Gasteiger partial charge < -0.3 is 15.4 Å². The standard InChI is InChI=1S/C21H24ClN3O4S/c22-18-4-2-1-3-13(18)8-21(26)25-16-6-5-14(20(10-16)30(23,27)28)12-29-19-9-17-7-15(19)11-24-17/h1-6,10,15,17,19,24H,7-9,11-12H2,(H,25,26)(H2,23,27,28). The summed E-state index contributed by atoms with van der Waals surface area (Å²) in [4.78, 5) is 12.3. The first-order valence-electron chi connectivity index (χ1n) is 9.83. The van der Waals surface area contributed by atoms with Crippen LogP contribution < -0.4 is 15.8 Å². The molecule has 4 rings (SSSR count). The van der Waals surface area contributed by atoms with E-state index in [1.165, 1.54) is 6.07 Å². The van der Waals surface area contributed by atoms with Gasteiger partial charge in [0.25, 0.3) is 0 Å². The average Bonchev–Trinajstić information content (AvgIpc) is 3.31. The highest BCUT2D eigenvalue weighted by atomic mass is 35.5. The monoisotopic (exact) mass is 449 g/mol. The van der Waals surface area contributed by atoms with Gasteiger partial charge >= 0.3 is 0 Å². The van der Waals surface area contributed by atoms with E-state index < -0.39 is 10.0 Å². The van der Waals surface area contributed by atoms with Crippen molar-refractivity contribution in [2.45, 2.75) is 42.9 Å². The molecule has 1 saturated carbocycles. The van der Waals surface area contributed by atoms with Crippen molar-refractivity contribution in [1.82, 2.24) is 5.32 Å². The van der Waals surface area contributed by atoms with Crippen LogP contribution in [-0.2, 0) is 32.6 Å². The molecule has 3 unspecified atom stereocenters. The predicted octanol–water partition coefficient (Wildman–Crippen LogP) is 2.44. The van der Waals surface area contributed by atoms with Gasteiger partial charge in [-0.05, 0) is 48.1 Å². The van der Waals surface area contributed by atoms with E-state index >= 15 is 0 Å². The molecular formula is C21H24ClN3O4S. The molecule has 1 heterocycles. The van der Waals surface area contributed by atoms with Crippen LogP contribution in [0.3, 0.4) is 0 Å². The molecule has 0 spiro atoms. The second-order valence-electron chi connectivity index (χ2n) is 7.87. The maximum absolute atomic E-state index is 12.4. The number of anilines is 1. The fraction of sp³-hybridized carbons (Fsp3) is 0.381. The number of ether oxygens (including phenoxy) is 1. The largest absolute Gasteiger partial charge is 0.373 e. The number of amides is 1. The van der Waals surface area contributed by atoms with E-state index in [1.54, 1.807) is 36.4 Å². The van der Waals surface area contributed by atoms with Crippen LogP contribution in [0.15, 0.2) is 47.4 Å². The highest BCUT2D eigenvalue weighted by Crippen LogP contribution is 2.34. The van der Waals surface area contributed by atoms with Crippen molar-refractivity contribution in [1.29, 1.82) is 0 Å². The van der Waals surface area contributed by atoms with Crippen molar-refractivity contribution in [2.24, 2.45) is 11.1 Å². The van der Waals surface area contributed by atoms with Crippen LogP contribution >= 0.6 is 11.6 Å². The zero-order chi connectivity index (χ0) is 21.3. The molecule has 30 heavy (non-hydrogen) atoms. The molecule has 1 saturated heterocycles. The number of carbonyl (C=O) groups is 1. The van der Waals surface area contributed by atoms with Gasteiger partial charge in [0.05, 0.1) is 24.0 Å². The number of fused-ring (bicyclic) bond motifs is 2. The topological polar surface area (TPSA) is 111 Å². The molecule has 160 valence electrons. The number of nitrogens with one attached hydrogen (secondary N) is 2. The minimum atomic E-state index is -3.98. The molecule has 2 bridgehead atoms. The molecule has 2 fully saturated rings. The Morgan fingerprint density at radius 2 is 2.00 bits per heavy atom. The number of hydrogen-bond donors (Lipinski definition) is 3. The second kappa shape index (κ2) is 8.64. The zero-order valence-corrected chi connectivity index (χ0v) is 17.9. The summed E-state index contributed by atoms with van der Waals surface area (Å²) in [5, 5.41) is 12.1. The molecule has 9 heteroatoms. The van der Waals surface area contributed by atoms with E-state index in [9.17, 15) is 13.2 Å². The smallest absolute Gasteiger partial charge is 0.238 e. The number of halogens is 1. The van der Waals surface area contributed by atoms with Gasteiger partial charge in [-0.3, -0.25) is 4.79 Å². The van der Waals surface area contributed by atoms with Gasteiger partial charge in [0, 0.05) is 23.3 Å². The molecule has 7 nitrogen and oxygen atoms in total. The van der Waals surface area contributed by atoms with E-state index in [1.807, 2.05) is 0 Å². The number of piperidine rings is 1. The molecule has 2 aromatic carbocycles. The number of rotatable bonds is 7. The number of carbonyl (C=O) groups excluding carboxylic acids is 1. The Balaban J connectivity index is 1.45. The van der Waals surface area contributed by atoms with Crippen molar-refractivity contribution in [2.75, 3.05) is 11.9 Å². The number of sulfonamides is 1. The van der Waals surface area contributed by atoms with E-state index in [-0.39, 0.29) is 29.9 Å². The van der Waals surface area contributed by atoms with E-state index in [2.05, 4.69) is 10.6 Å². The van der Waals surface area contributed by atoms with Crippen LogP contribution in [0.4, 0.5) is 5.69 Å². The van der Waals surface area contributed by atoms with Crippen LogP contribution in [0, 0.1) is 5.92 Å². The maximum Gasteiger partial charge on any atom is 0.238 e. The van der Waals surface area contributed by atoms with Gasteiger partial charge in [0.2, 0.25) is 15.9 Å². The molecule has 0 aromatic heterocycles. The first-order chi connectivity index (χ1) is 14.3. The molecular weight excluding hydrogens is 426 g/mol. The third-order valence-electron chi connectivity index (χ3n) is 5.72. The lowest BCUT2D eigenvalue weighted by Gasteiger charge is -2.23. The number of primary sulfonamides is 1. The fourth-order valence-corrected chi connectivity index (χ4v) is 5.21. The SMILES string of the molecule is NS(=O)(=O)c1cc(NC(=O)Cc2ccccc2Cl)ccc1COC1CC2CC1CN2. The van der Waals surface area contributed by atoms with Crippen molar-refractivity contribution < 1.29 is 17.9 Å². The summed E-state index contributed by atoms with van der Waals surface area (Å²) < 4.78 is 30.3. The lowest BCUT2D eigenvalue weighted by atomic mass is 10.1. The Bertz CT molecular complexity index is 1060. The fourth-order valence-electron chi connectivity index (χ4n) is 4.22. The van der Waals surface area contributed by atoms with Crippen LogP contribution in [-0.4, -0.2) is 33.0 Å². The normalized spacial score (nSPS) is 22.9. The molecule has 0 radical (unpaired) electrons. The van der Waals surface area contributed by atoms with Crippen LogP contribution in [0.25, 0.3) is 0 Å². The Labute approximate surface area is 181 Å². The van der Waals surface area contributed by atoms with E-state index in [0.29, 0.717) is 33.8 Å². The first kappa shape index (κ1) is 21.3. The Kier molecular flexibility index (Phi) is 6.13. The van der Waals surface area contributed by atoms with Crippen LogP contribution in [0.2, 0.25) is 5.02 Å². The van der Waals surface area contributed by atoms with Crippen molar-refractivity contribution >= 4 is 33.2 Å². The third kappa shape index (κ3) is 4.84. The number of benzene rings is 2. The van der Waals surface area contributed by atoms with Gasteiger partial charge in [0.1, 0.15) is 0 Å². The van der Waals surface area contributed by atoms with Crippen LogP contribution in [0.5, 0.6) is 0 Å². The summed E-state index contributed by atoms with van der Waals surface area (Å²) in [6, 6.07) is 12.2. The van der Waals surface area contributed by atoms with Crippen LogP contribution in [0.1, 0.15) is 24.0 Å². The summed E-state index contributed by atoms with van der Waals surface area (Å²) >= 11 is 6.10. The Morgan fingerprint density at radius 3 is 2.67 bits per heavy atom. The number of nitrogens with two attached hydrogens (primary N) is 1.